The van der Waals surface area contributed by atoms with E-state index >= 15 is 8.78 Å². The lowest BCUT2D eigenvalue weighted by Crippen LogP contribution is -2.56. The van der Waals surface area contributed by atoms with Gasteiger partial charge in [0, 0.05) is 84.6 Å². The zero-order valence-corrected chi connectivity index (χ0v) is 39.8. The average Bonchev–Trinajstić information content (AvgIpc) is 3.93. The predicted octanol–water partition coefficient (Wildman–Crippen LogP) is 6.19. The third-order valence-corrected chi connectivity index (χ3v) is 17.0. The Hall–Kier alpha value is -4.48. The van der Waals surface area contributed by atoms with E-state index in [2.05, 4.69) is 16.4 Å². The lowest BCUT2D eigenvalue weighted by atomic mass is 9.91. The molecular weight excluding hydrogens is 944 g/mol. The molecule has 21 heteroatoms. The number of nitrogens with one attached hydrogen (secondary N) is 2. The molecule has 68 heavy (non-hydrogen) atoms. The number of carbonyl (C=O) groups excluding carboxylic acids is 5. The van der Waals surface area contributed by atoms with Crippen LogP contribution in [0.3, 0.4) is 0 Å². The number of hydrogen-bond acceptors (Lipinski definition) is 14. The summed E-state index contributed by atoms with van der Waals surface area (Å²) in [5.41, 5.74) is -4.49. The van der Waals surface area contributed by atoms with E-state index in [9.17, 15) is 38.6 Å². The maximum atomic E-state index is 16.6. The van der Waals surface area contributed by atoms with Crippen molar-refractivity contribution in [2.45, 2.75) is 81.1 Å². The average molecular weight is 998 g/mol. The SMILES string of the molecule is N#C[C@@H]1CN(C(=O)[C@@H]2CC[C@@H]3CCCC[C@H](NC(=O)c4ccc5ccc(C(F)(F)P(=O)(OCCSC(=O)CC6COC6)OCCSC(=O)CC6COC6)cc5c4)C(=O)N32)C[C@H]1c1cc[nH]c(=O)c1. The molecule has 0 unspecified atom stereocenters. The Morgan fingerprint density at radius 1 is 0.853 bits per heavy atom. The molecule has 364 valence electrons. The molecule has 5 atom stereocenters. The van der Waals surface area contributed by atoms with Crippen molar-refractivity contribution in [1.29, 1.82) is 5.26 Å². The van der Waals surface area contributed by atoms with Crippen LogP contribution in [-0.2, 0) is 47.9 Å². The number of amides is 3. The second-order valence-electron chi connectivity index (χ2n) is 18.0. The minimum atomic E-state index is -5.31. The summed E-state index contributed by atoms with van der Waals surface area (Å²) >= 11 is 1.76. The van der Waals surface area contributed by atoms with Crippen LogP contribution in [0.2, 0.25) is 0 Å². The van der Waals surface area contributed by atoms with Crippen LogP contribution < -0.4 is 10.9 Å². The van der Waals surface area contributed by atoms with Crippen molar-refractivity contribution in [1.82, 2.24) is 20.1 Å². The first-order chi connectivity index (χ1) is 32.7. The number of likely N-dealkylation sites (tertiary alicyclic amines) is 1. The Bertz CT molecular complexity index is 2500. The molecule has 3 amide bonds. The van der Waals surface area contributed by atoms with Gasteiger partial charge in [0.1, 0.15) is 12.1 Å². The van der Waals surface area contributed by atoms with Gasteiger partial charge in [-0.05, 0) is 66.3 Å². The molecule has 1 aromatic heterocycles. The number of carbonyl (C=O) groups is 5. The maximum absolute atomic E-state index is 16.6. The fraction of sp³-hybridized carbons (Fsp3) is 0.553. The second kappa shape index (κ2) is 22.1. The van der Waals surface area contributed by atoms with Gasteiger partial charge < -0.3 is 38.6 Å². The molecule has 6 heterocycles. The van der Waals surface area contributed by atoms with Crippen LogP contribution in [0.5, 0.6) is 0 Å². The molecule has 5 saturated heterocycles. The van der Waals surface area contributed by atoms with Crippen LogP contribution in [0.15, 0.2) is 59.5 Å². The Kier molecular flexibility index (Phi) is 16.2. The van der Waals surface area contributed by atoms with Crippen LogP contribution in [0.4, 0.5) is 8.78 Å². The van der Waals surface area contributed by atoms with E-state index in [4.69, 9.17) is 18.5 Å². The summed E-state index contributed by atoms with van der Waals surface area (Å²) in [7, 11) is -5.31. The van der Waals surface area contributed by atoms with Crippen LogP contribution in [0.25, 0.3) is 10.8 Å². The molecule has 0 spiro atoms. The van der Waals surface area contributed by atoms with E-state index in [1.54, 1.807) is 21.9 Å². The van der Waals surface area contributed by atoms with Crippen molar-refractivity contribution >= 4 is 69.8 Å². The zero-order chi connectivity index (χ0) is 48.0. The minimum absolute atomic E-state index is 0.0534. The molecule has 0 bridgehead atoms. The summed E-state index contributed by atoms with van der Waals surface area (Å²) in [6, 6.07) is 11.5. The second-order valence-corrected chi connectivity index (χ2v) is 22.4. The van der Waals surface area contributed by atoms with Gasteiger partial charge >= 0.3 is 13.3 Å². The summed E-state index contributed by atoms with van der Waals surface area (Å²) in [5.74, 6) is -2.13. The Morgan fingerprint density at radius 3 is 2.15 bits per heavy atom. The number of nitrogens with zero attached hydrogens (tertiary/aromatic N) is 3. The molecule has 2 N–H and O–H groups in total. The number of aromatic amines is 1. The molecule has 5 aliphatic heterocycles. The molecular formula is C47H54F2N5O11PS2. The molecule has 8 rings (SSSR count). The Labute approximate surface area is 400 Å². The van der Waals surface area contributed by atoms with Gasteiger partial charge in [0.25, 0.3) is 5.91 Å². The van der Waals surface area contributed by atoms with Gasteiger partial charge in [0.05, 0.1) is 51.6 Å². The first kappa shape index (κ1) is 49.9. The topological polar surface area (TPSA) is 214 Å². The highest BCUT2D eigenvalue weighted by Crippen LogP contribution is 2.67. The standard InChI is InChI=1S/C47H54F2N5O11PS2/c48-47(49,66(61,64-13-15-67-42(56)17-29-25-62-26-29)65-14-16-68-43(57)18-30-27-63-28-30)36-8-7-31-5-6-33(19-34(31)20-36)44(58)52-39-4-2-1-3-37-9-10-40(54(37)45(39)59)46(60)53-23-35(22-50)38(24-53)32-11-12-51-41(55)21-32/h5-8,11-12,19-21,29-30,35,37-40H,1-4,9-10,13-18,23-28H2,(H,51,55)(H,52,58)/t35-,37+,38+,39+,40+/m1/s1. The zero-order valence-electron chi connectivity index (χ0n) is 37.3. The predicted molar refractivity (Wildman–Crippen MR) is 249 cm³/mol. The van der Waals surface area contributed by atoms with Gasteiger partial charge in [-0.3, -0.25) is 33.3 Å². The highest BCUT2D eigenvalue weighted by molar-refractivity contribution is 8.13. The number of aromatic nitrogens is 1. The Morgan fingerprint density at radius 2 is 1.51 bits per heavy atom. The van der Waals surface area contributed by atoms with Crippen molar-refractivity contribution in [2.24, 2.45) is 17.8 Å². The number of nitriles is 1. The van der Waals surface area contributed by atoms with Crippen LogP contribution in [0, 0.1) is 29.1 Å². The van der Waals surface area contributed by atoms with Crippen molar-refractivity contribution in [3.63, 3.8) is 0 Å². The summed E-state index contributed by atoms with van der Waals surface area (Å²) < 4.78 is 68.4. The normalized spacial score (nSPS) is 23.5. The number of fused-ring (bicyclic) bond motifs is 2. The maximum Gasteiger partial charge on any atom is 0.404 e. The number of ether oxygens (including phenoxy) is 2. The number of hydrogen-bond donors (Lipinski definition) is 2. The number of benzene rings is 2. The number of pyridine rings is 1. The highest BCUT2D eigenvalue weighted by atomic mass is 32.2. The van der Waals surface area contributed by atoms with Crippen molar-refractivity contribution in [3.05, 3.63) is 81.8 Å². The monoisotopic (exact) mass is 997 g/mol. The molecule has 16 nitrogen and oxygen atoms in total. The van der Waals surface area contributed by atoms with E-state index in [1.807, 2.05) is 0 Å². The Balaban J connectivity index is 0.948. The molecule has 5 fully saturated rings. The van der Waals surface area contributed by atoms with E-state index < -0.39 is 61.9 Å². The molecule has 3 aromatic rings. The van der Waals surface area contributed by atoms with E-state index in [0.29, 0.717) is 69.5 Å². The molecule has 0 aliphatic carbocycles. The fourth-order valence-corrected chi connectivity index (χ4v) is 12.7. The summed E-state index contributed by atoms with van der Waals surface area (Å²) in [5, 5.41) is 13.2. The van der Waals surface area contributed by atoms with Gasteiger partial charge in [-0.2, -0.15) is 14.0 Å². The van der Waals surface area contributed by atoms with E-state index in [0.717, 1.165) is 42.1 Å². The first-order valence-electron chi connectivity index (χ1n) is 23.0. The van der Waals surface area contributed by atoms with Crippen LogP contribution in [0.1, 0.15) is 78.8 Å². The molecule has 2 aromatic carbocycles. The van der Waals surface area contributed by atoms with Gasteiger partial charge in [0.2, 0.25) is 17.4 Å². The van der Waals surface area contributed by atoms with E-state index in [1.165, 1.54) is 30.5 Å². The fourth-order valence-electron chi connectivity index (χ4n) is 9.46. The van der Waals surface area contributed by atoms with Gasteiger partial charge in [0.15, 0.2) is 10.2 Å². The van der Waals surface area contributed by atoms with Crippen LogP contribution in [-0.4, -0.2) is 125 Å². The number of thioether (sulfide) groups is 2. The summed E-state index contributed by atoms with van der Waals surface area (Å²) in [6.45, 7) is 1.30. The van der Waals surface area contributed by atoms with Gasteiger partial charge in [-0.1, -0.05) is 54.6 Å². The summed E-state index contributed by atoms with van der Waals surface area (Å²) in [4.78, 5) is 85.2. The third-order valence-electron chi connectivity index (χ3n) is 13.3. The quantitative estimate of drug-likeness (QED) is 0.107. The van der Waals surface area contributed by atoms with Crippen LogP contribution >= 0.6 is 31.1 Å². The first-order valence-corrected chi connectivity index (χ1v) is 26.5. The summed E-state index contributed by atoms with van der Waals surface area (Å²) in [6.07, 6.45) is 5.45. The number of alkyl halides is 2. The number of H-pyrrole nitrogens is 1. The highest BCUT2D eigenvalue weighted by Gasteiger charge is 2.55. The van der Waals surface area contributed by atoms with E-state index in [-0.39, 0.29) is 93.9 Å². The molecule has 5 aliphatic rings. The molecule has 0 saturated carbocycles. The van der Waals surface area contributed by atoms with Crippen molar-refractivity contribution in [3.8, 4) is 6.07 Å². The van der Waals surface area contributed by atoms with Crippen molar-refractivity contribution in [2.75, 3.05) is 64.2 Å². The lowest BCUT2D eigenvalue weighted by Gasteiger charge is -2.36. The number of rotatable bonds is 18. The van der Waals surface area contributed by atoms with Crippen molar-refractivity contribution < 1.29 is 55.8 Å². The molecule has 0 radical (unpaired) electrons. The van der Waals surface area contributed by atoms with Gasteiger partial charge in [-0.15, -0.1) is 0 Å². The minimum Gasteiger partial charge on any atom is -0.381 e. The number of halogens is 2. The smallest absolute Gasteiger partial charge is 0.381 e. The van der Waals surface area contributed by atoms with Gasteiger partial charge in [-0.25, -0.2) is 0 Å². The lowest BCUT2D eigenvalue weighted by molar-refractivity contribution is -0.146. The largest absolute Gasteiger partial charge is 0.404 e. The third kappa shape index (κ3) is 11.4.